The predicted molar refractivity (Wildman–Crippen MR) is 140 cm³/mol. The molecule has 184 valence electrons. The molecule has 0 saturated heterocycles. The minimum atomic E-state index is -0.688. The van der Waals surface area contributed by atoms with Gasteiger partial charge >= 0.3 is 0 Å². The van der Waals surface area contributed by atoms with Gasteiger partial charge in [-0.2, -0.15) is 0 Å². The molecule has 0 aliphatic carbocycles. The Hall–Kier alpha value is -3.31. The van der Waals surface area contributed by atoms with Gasteiger partial charge in [0.25, 0.3) is 5.91 Å². The summed E-state index contributed by atoms with van der Waals surface area (Å²) in [5.74, 6) is 0.354. The van der Waals surface area contributed by atoms with Crippen LogP contribution in [0.2, 0.25) is 5.02 Å². The third-order valence-electron chi connectivity index (χ3n) is 5.55. The third kappa shape index (κ3) is 8.45. The number of carbonyl (C=O) groups excluding carboxylic acids is 2. The van der Waals surface area contributed by atoms with Crippen LogP contribution in [0.15, 0.2) is 78.9 Å². The van der Waals surface area contributed by atoms with E-state index in [2.05, 4.69) is 5.32 Å². The molecule has 1 atom stereocenters. The molecule has 0 aliphatic heterocycles. The molecule has 0 aromatic heterocycles. The third-order valence-corrected chi connectivity index (χ3v) is 5.78. The fraction of sp³-hybridized carbons (Fsp3) is 0.310. The standard InChI is InChI=1S/C29H33ClN2O3/c1-21(2)18-31-29(34)27(16-23-10-5-4-6-11-23)32(19-24-12-7-9-22(3)15-24)28(33)20-35-26-14-8-13-25(30)17-26/h4-15,17,21,27H,16,18-20H2,1-3H3,(H,31,34)/t27-/m0/s1. The summed E-state index contributed by atoms with van der Waals surface area (Å²) in [6.07, 6.45) is 0.402. The first-order valence-corrected chi connectivity index (χ1v) is 12.2. The second-order valence-corrected chi connectivity index (χ2v) is 9.54. The number of aryl methyl sites for hydroxylation is 1. The molecule has 0 aliphatic rings. The van der Waals surface area contributed by atoms with Crippen molar-refractivity contribution < 1.29 is 14.3 Å². The monoisotopic (exact) mass is 492 g/mol. The molecule has 1 N–H and O–H groups in total. The molecular formula is C29H33ClN2O3. The highest BCUT2D eigenvalue weighted by Crippen LogP contribution is 2.19. The normalized spacial score (nSPS) is 11.7. The summed E-state index contributed by atoms with van der Waals surface area (Å²) in [7, 11) is 0. The van der Waals surface area contributed by atoms with E-state index >= 15 is 0 Å². The van der Waals surface area contributed by atoms with Gasteiger partial charge in [-0.3, -0.25) is 9.59 Å². The number of nitrogens with one attached hydrogen (secondary N) is 1. The molecule has 0 saturated carbocycles. The van der Waals surface area contributed by atoms with Crippen LogP contribution in [0.1, 0.15) is 30.5 Å². The average molecular weight is 493 g/mol. The van der Waals surface area contributed by atoms with Gasteiger partial charge in [0.1, 0.15) is 11.8 Å². The van der Waals surface area contributed by atoms with E-state index in [0.717, 1.165) is 16.7 Å². The minimum Gasteiger partial charge on any atom is -0.484 e. The van der Waals surface area contributed by atoms with Crippen molar-refractivity contribution in [3.05, 3.63) is 101 Å². The number of amides is 2. The summed E-state index contributed by atoms with van der Waals surface area (Å²) in [5, 5.41) is 3.55. The van der Waals surface area contributed by atoms with Crippen LogP contribution in [0, 0.1) is 12.8 Å². The van der Waals surface area contributed by atoms with E-state index in [1.165, 1.54) is 0 Å². The van der Waals surface area contributed by atoms with E-state index < -0.39 is 6.04 Å². The highest BCUT2D eigenvalue weighted by atomic mass is 35.5. The Kier molecular flexibility index (Phi) is 9.74. The van der Waals surface area contributed by atoms with Crippen LogP contribution >= 0.6 is 11.6 Å². The van der Waals surface area contributed by atoms with Crippen LogP contribution < -0.4 is 10.1 Å². The summed E-state index contributed by atoms with van der Waals surface area (Å²) in [6, 6.07) is 24.0. The first-order valence-electron chi connectivity index (χ1n) is 11.9. The van der Waals surface area contributed by atoms with Crippen molar-refractivity contribution in [1.29, 1.82) is 0 Å². The molecule has 0 fully saturated rings. The Labute approximate surface area is 213 Å². The number of hydrogen-bond donors (Lipinski definition) is 1. The van der Waals surface area contributed by atoms with Gasteiger partial charge in [-0.1, -0.05) is 91.7 Å². The molecule has 0 spiro atoms. The SMILES string of the molecule is Cc1cccc(CN(C(=O)COc2cccc(Cl)c2)[C@@H](Cc2ccccc2)C(=O)NCC(C)C)c1. The lowest BCUT2D eigenvalue weighted by Crippen LogP contribution is -2.52. The van der Waals surface area contributed by atoms with E-state index in [9.17, 15) is 9.59 Å². The van der Waals surface area contributed by atoms with Crippen LogP contribution in [0.25, 0.3) is 0 Å². The maximum Gasteiger partial charge on any atom is 0.261 e. The van der Waals surface area contributed by atoms with Crippen molar-refractivity contribution in [2.24, 2.45) is 5.92 Å². The number of benzene rings is 3. The zero-order valence-electron chi connectivity index (χ0n) is 20.5. The zero-order valence-corrected chi connectivity index (χ0v) is 21.3. The number of nitrogens with zero attached hydrogens (tertiary/aromatic N) is 1. The van der Waals surface area contributed by atoms with Crippen molar-refractivity contribution in [3.63, 3.8) is 0 Å². The van der Waals surface area contributed by atoms with Crippen LogP contribution in [0.3, 0.4) is 0 Å². The lowest BCUT2D eigenvalue weighted by molar-refractivity contribution is -0.142. The first-order chi connectivity index (χ1) is 16.8. The Morgan fingerprint density at radius 3 is 2.34 bits per heavy atom. The van der Waals surface area contributed by atoms with Crippen LogP contribution in [0.4, 0.5) is 0 Å². The predicted octanol–water partition coefficient (Wildman–Crippen LogP) is 5.44. The Balaban J connectivity index is 1.90. The van der Waals surface area contributed by atoms with E-state index in [-0.39, 0.29) is 18.4 Å². The molecule has 5 nitrogen and oxygen atoms in total. The van der Waals surface area contributed by atoms with Crippen molar-refractivity contribution in [1.82, 2.24) is 10.2 Å². The molecule has 2 amide bonds. The summed E-state index contributed by atoms with van der Waals surface area (Å²) >= 11 is 6.06. The van der Waals surface area contributed by atoms with Crippen molar-refractivity contribution >= 4 is 23.4 Å². The summed E-state index contributed by atoms with van der Waals surface area (Å²) in [6.45, 7) is 6.73. The number of ether oxygens (including phenoxy) is 1. The van der Waals surface area contributed by atoms with Crippen LogP contribution in [0.5, 0.6) is 5.75 Å². The van der Waals surface area contributed by atoms with Gasteiger partial charge in [0.15, 0.2) is 6.61 Å². The van der Waals surface area contributed by atoms with Crippen molar-refractivity contribution in [2.45, 2.75) is 39.8 Å². The molecular weight excluding hydrogens is 460 g/mol. The van der Waals surface area contributed by atoms with Crippen molar-refractivity contribution in [2.75, 3.05) is 13.2 Å². The van der Waals surface area contributed by atoms with Gasteiger partial charge in [-0.25, -0.2) is 0 Å². The number of rotatable bonds is 11. The van der Waals surface area contributed by atoms with Crippen molar-refractivity contribution in [3.8, 4) is 5.75 Å². The molecule has 0 heterocycles. The molecule has 3 aromatic rings. The molecule has 3 aromatic carbocycles. The molecule has 0 bridgehead atoms. The summed E-state index contributed by atoms with van der Waals surface area (Å²) < 4.78 is 5.76. The highest BCUT2D eigenvalue weighted by Gasteiger charge is 2.30. The number of carbonyl (C=O) groups is 2. The lowest BCUT2D eigenvalue weighted by Gasteiger charge is -2.31. The van der Waals surface area contributed by atoms with Gasteiger partial charge < -0.3 is 15.0 Å². The zero-order chi connectivity index (χ0) is 25.2. The minimum absolute atomic E-state index is 0.175. The highest BCUT2D eigenvalue weighted by molar-refractivity contribution is 6.30. The van der Waals surface area contributed by atoms with Gasteiger partial charge in [-0.05, 0) is 42.2 Å². The van der Waals surface area contributed by atoms with Gasteiger partial charge in [0.05, 0.1) is 0 Å². The van der Waals surface area contributed by atoms with E-state index in [1.54, 1.807) is 29.2 Å². The second kappa shape index (κ2) is 13.0. The van der Waals surface area contributed by atoms with Gasteiger partial charge in [0, 0.05) is 24.5 Å². The first kappa shape index (κ1) is 26.3. The number of hydrogen-bond acceptors (Lipinski definition) is 3. The quantitative estimate of drug-likeness (QED) is 0.387. The largest absolute Gasteiger partial charge is 0.484 e. The Morgan fingerprint density at radius 2 is 1.66 bits per heavy atom. The van der Waals surface area contributed by atoms with Gasteiger partial charge in [0.2, 0.25) is 5.91 Å². The summed E-state index contributed by atoms with van der Waals surface area (Å²) in [4.78, 5) is 28.6. The maximum absolute atomic E-state index is 13.6. The van der Waals surface area contributed by atoms with E-state index in [0.29, 0.717) is 36.2 Å². The molecule has 0 radical (unpaired) electrons. The van der Waals surface area contributed by atoms with Crippen LogP contribution in [-0.2, 0) is 22.6 Å². The van der Waals surface area contributed by atoms with Gasteiger partial charge in [-0.15, -0.1) is 0 Å². The fourth-order valence-electron chi connectivity index (χ4n) is 3.77. The number of halogens is 1. The molecule has 0 unspecified atom stereocenters. The lowest BCUT2D eigenvalue weighted by atomic mass is 10.0. The Morgan fingerprint density at radius 1 is 0.943 bits per heavy atom. The smallest absolute Gasteiger partial charge is 0.261 e. The maximum atomic E-state index is 13.6. The summed E-state index contributed by atoms with van der Waals surface area (Å²) in [5.41, 5.74) is 3.03. The fourth-order valence-corrected chi connectivity index (χ4v) is 3.95. The van der Waals surface area contributed by atoms with Crippen LogP contribution in [-0.4, -0.2) is 35.9 Å². The average Bonchev–Trinajstić information content (AvgIpc) is 2.84. The second-order valence-electron chi connectivity index (χ2n) is 9.10. The molecule has 6 heteroatoms. The molecule has 3 rings (SSSR count). The van der Waals surface area contributed by atoms with E-state index in [1.807, 2.05) is 75.4 Å². The molecule has 35 heavy (non-hydrogen) atoms. The topological polar surface area (TPSA) is 58.6 Å². The van der Waals surface area contributed by atoms with E-state index in [4.69, 9.17) is 16.3 Å². The Bertz CT molecular complexity index is 1120.